The molecule has 0 saturated heterocycles. The fraction of sp³-hybridized carbons (Fsp3) is 0.208. The van der Waals surface area contributed by atoms with Gasteiger partial charge < -0.3 is 14.8 Å². The van der Waals surface area contributed by atoms with E-state index in [1.54, 1.807) is 43.3 Å². The predicted molar refractivity (Wildman–Crippen MR) is 123 cm³/mol. The van der Waals surface area contributed by atoms with Crippen molar-refractivity contribution in [2.45, 2.75) is 31.4 Å². The van der Waals surface area contributed by atoms with Gasteiger partial charge in [0, 0.05) is 5.69 Å². The first kappa shape index (κ1) is 23.3. The number of anilines is 1. The third kappa shape index (κ3) is 6.09. The van der Waals surface area contributed by atoms with Crippen LogP contribution in [0.15, 0.2) is 77.7 Å². The van der Waals surface area contributed by atoms with E-state index < -0.39 is 22.0 Å². The summed E-state index contributed by atoms with van der Waals surface area (Å²) in [4.78, 5) is 12.5. The molecule has 0 aromatic heterocycles. The summed E-state index contributed by atoms with van der Waals surface area (Å²) in [5.41, 5.74) is 2.34. The van der Waals surface area contributed by atoms with E-state index in [-0.39, 0.29) is 10.6 Å². The molecule has 3 rings (SSSR count). The van der Waals surface area contributed by atoms with Crippen LogP contribution < -0.4 is 19.5 Å². The minimum atomic E-state index is -3.96. The highest BCUT2D eigenvalue weighted by Crippen LogP contribution is 2.25. The fourth-order valence-corrected chi connectivity index (χ4v) is 4.43. The number of sulfonamides is 1. The van der Waals surface area contributed by atoms with Crippen LogP contribution in [0.2, 0.25) is 0 Å². The molecule has 8 heteroatoms. The number of carbonyl (C=O) groups excluding carboxylic acids is 1. The molecule has 1 atom stereocenters. The zero-order valence-corrected chi connectivity index (χ0v) is 19.0. The molecule has 0 heterocycles. The molecule has 0 spiro atoms. The summed E-state index contributed by atoms with van der Waals surface area (Å²) < 4.78 is 38.8. The third-order valence-electron chi connectivity index (χ3n) is 4.70. The van der Waals surface area contributed by atoms with Crippen LogP contribution >= 0.6 is 0 Å². The predicted octanol–water partition coefficient (Wildman–Crippen LogP) is 3.89. The van der Waals surface area contributed by atoms with Crippen molar-refractivity contribution in [2.24, 2.45) is 0 Å². The third-order valence-corrected chi connectivity index (χ3v) is 6.27. The Bertz CT molecular complexity index is 1160. The number of aryl methyl sites for hydroxylation is 1. The Morgan fingerprint density at radius 3 is 2.34 bits per heavy atom. The van der Waals surface area contributed by atoms with Crippen molar-refractivity contribution in [1.82, 2.24) is 4.72 Å². The molecular weight excluding hydrogens is 428 g/mol. The summed E-state index contributed by atoms with van der Waals surface area (Å²) in [6.45, 7) is 3.70. The van der Waals surface area contributed by atoms with Crippen LogP contribution in [0.1, 0.15) is 18.1 Å². The zero-order chi connectivity index (χ0) is 23.1. The summed E-state index contributed by atoms with van der Waals surface area (Å²) in [6.07, 6.45) is 0. The van der Waals surface area contributed by atoms with Gasteiger partial charge in [0.05, 0.1) is 13.2 Å². The van der Waals surface area contributed by atoms with Crippen LogP contribution in [-0.4, -0.2) is 27.5 Å². The first-order valence-electron chi connectivity index (χ1n) is 10.0. The van der Waals surface area contributed by atoms with Gasteiger partial charge in [-0.2, -0.15) is 4.72 Å². The van der Waals surface area contributed by atoms with E-state index >= 15 is 0 Å². The van der Waals surface area contributed by atoms with Crippen molar-refractivity contribution >= 4 is 21.6 Å². The van der Waals surface area contributed by atoms with E-state index in [9.17, 15) is 13.2 Å². The number of hydrogen-bond donors (Lipinski definition) is 2. The minimum Gasteiger partial charge on any atom is -0.495 e. The Balaban J connectivity index is 1.60. The van der Waals surface area contributed by atoms with E-state index in [1.165, 1.54) is 20.1 Å². The van der Waals surface area contributed by atoms with Crippen molar-refractivity contribution in [3.63, 3.8) is 0 Å². The molecule has 2 N–H and O–H groups in total. The van der Waals surface area contributed by atoms with E-state index in [0.29, 0.717) is 18.0 Å². The second-order valence-electron chi connectivity index (χ2n) is 7.29. The summed E-state index contributed by atoms with van der Waals surface area (Å²) in [7, 11) is -2.56. The molecule has 0 aliphatic heterocycles. The second kappa shape index (κ2) is 10.3. The maximum absolute atomic E-state index is 12.8. The van der Waals surface area contributed by atoms with Gasteiger partial charge in [-0.15, -0.1) is 0 Å². The second-order valence-corrected chi connectivity index (χ2v) is 8.97. The van der Waals surface area contributed by atoms with E-state index in [0.717, 1.165) is 11.1 Å². The van der Waals surface area contributed by atoms with E-state index in [2.05, 4.69) is 10.0 Å². The highest BCUT2D eigenvalue weighted by atomic mass is 32.2. The first-order valence-corrected chi connectivity index (χ1v) is 11.5. The lowest BCUT2D eigenvalue weighted by Gasteiger charge is -2.16. The van der Waals surface area contributed by atoms with Crippen molar-refractivity contribution in [3.8, 4) is 11.5 Å². The lowest BCUT2D eigenvalue weighted by molar-refractivity contribution is -0.117. The Labute approximate surface area is 188 Å². The van der Waals surface area contributed by atoms with Gasteiger partial charge in [-0.1, -0.05) is 36.4 Å². The SMILES string of the molecule is COc1ccc(C)cc1S(=O)(=O)N[C@H](C)C(=O)Nc1ccc(OCc2ccccc2)cc1. The van der Waals surface area contributed by atoms with Gasteiger partial charge in [-0.25, -0.2) is 8.42 Å². The number of benzene rings is 3. The molecule has 0 aliphatic rings. The minimum absolute atomic E-state index is 0.0143. The van der Waals surface area contributed by atoms with Crippen LogP contribution in [0.5, 0.6) is 11.5 Å². The molecule has 7 nitrogen and oxygen atoms in total. The number of carbonyl (C=O) groups is 1. The van der Waals surface area contributed by atoms with E-state index in [1.807, 2.05) is 30.3 Å². The number of ether oxygens (including phenoxy) is 2. The molecule has 0 aliphatic carbocycles. The lowest BCUT2D eigenvalue weighted by atomic mass is 10.2. The number of nitrogens with one attached hydrogen (secondary N) is 2. The molecule has 0 radical (unpaired) electrons. The van der Waals surface area contributed by atoms with Crippen molar-refractivity contribution in [3.05, 3.63) is 83.9 Å². The van der Waals surface area contributed by atoms with Gasteiger partial charge in [-0.05, 0) is 61.4 Å². The highest BCUT2D eigenvalue weighted by molar-refractivity contribution is 7.89. The lowest BCUT2D eigenvalue weighted by Crippen LogP contribution is -2.41. The van der Waals surface area contributed by atoms with Crippen molar-refractivity contribution < 1.29 is 22.7 Å². The average molecular weight is 455 g/mol. The number of amides is 1. The smallest absolute Gasteiger partial charge is 0.244 e. The Morgan fingerprint density at radius 1 is 1.00 bits per heavy atom. The number of methoxy groups -OCH3 is 1. The van der Waals surface area contributed by atoms with Crippen molar-refractivity contribution in [1.29, 1.82) is 0 Å². The molecule has 0 bridgehead atoms. The standard InChI is InChI=1S/C24H26N2O5S/c1-17-9-14-22(30-3)23(15-17)32(28,29)26-18(2)24(27)25-20-10-12-21(13-11-20)31-16-19-7-5-4-6-8-19/h4-15,18,26H,16H2,1-3H3,(H,25,27)/t18-/m1/s1. The largest absolute Gasteiger partial charge is 0.495 e. The molecular formula is C24H26N2O5S. The monoisotopic (exact) mass is 454 g/mol. The number of hydrogen-bond acceptors (Lipinski definition) is 5. The van der Waals surface area contributed by atoms with Crippen LogP contribution in [0.3, 0.4) is 0 Å². The van der Waals surface area contributed by atoms with Gasteiger partial charge in [0.25, 0.3) is 0 Å². The molecule has 0 unspecified atom stereocenters. The van der Waals surface area contributed by atoms with Crippen LogP contribution in [0.25, 0.3) is 0 Å². The zero-order valence-electron chi connectivity index (χ0n) is 18.2. The highest BCUT2D eigenvalue weighted by Gasteiger charge is 2.25. The first-order chi connectivity index (χ1) is 15.3. The summed E-state index contributed by atoms with van der Waals surface area (Å²) >= 11 is 0. The number of rotatable bonds is 9. The Hall–Kier alpha value is -3.36. The summed E-state index contributed by atoms with van der Waals surface area (Å²) in [5, 5.41) is 2.70. The van der Waals surface area contributed by atoms with Gasteiger partial charge in [0.1, 0.15) is 23.0 Å². The fourth-order valence-electron chi connectivity index (χ4n) is 2.97. The molecule has 0 fully saturated rings. The molecule has 3 aromatic rings. The van der Waals surface area contributed by atoms with Gasteiger partial charge in [0.2, 0.25) is 15.9 Å². The van der Waals surface area contributed by atoms with Crippen LogP contribution in [0, 0.1) is 6.92 Å². The van der Waals surface area contributed by atoms with Gasteiger partial charge >= 0.3 is 0 Å². The van der Waals surface area contributed by atoms with Gasteiger partial charge in [-0.3, -0.25) is 4.79 Å². The maximum Gasteiger partial charge on any atom is 0.244 e. The average Bonchev–Trinajstić information content (AvgIpc) is 2.79. The molecule has 0 saturated carbocycles. The molecule has 3 aromatic carbocycles. The van der Waals surface area contributed by atoms with Gasteiger partial charge in [0.15, 0.2) is 0 Å². The topological polar surface area (TPSA) is 93.7 Å². The Morgan fingerprint density at radius 2 is 1.69 bits per heavy atom. The normalized spacial score (nSPS) is 12.1. The summed E-state index contributed by atoms with van der Waals surface area (Å²) in [6, 6.07) is 20.5. The molecule has 1 amide bonds. The molecule has 32 heavy (non-hydrogen) atoms. The molecule has 168 valence electrons. The quantitative estimate of drug-likeness (QED) is 0.512. The maximum atomic E-state index is 12.8. The van der Waals surface area contributed by atoms with Crippen LogP contribution in [0.4, 0.5) is 5.69 Å². The summed E-state index contributed by atoms with van der Waals surface area (Å²) in [5.74, 6) is 0.382. The Kier molecular flexibility index (Phi) is 7.50. The van der Waals surface area contributed by atoms with Crippen LogP contribution in [-0.2, 0) is 21.4 Å². The van der Waals surface area contributed by atoms with E-state index in [4.69, 9.17) is 9.47 Å². The van der Waals surface area contributed by atoms with Crippen molar-refractivity contribution in [2.75, 3.05) is 12.4 Å².